The highest BCUT2D eigenvalue weighted by atomic mass is 35.5. The molecule has 4 heteroatoms. The smallest absolute Gasteiger partial charge is 0.132 e. The number of aromatic amines is 1. The topological polar surface area (TPSA) is 31.9 Å². The summed E-state index contributed by atoms with van der Waals surface area (Å²) >= 11 is 5.96. The van der Waals surface area contributed by atoms with Crippen molar-refractivity contribution in [2.45, 2.75) is 0 Å². The van der Waals surface area contributed by atoms with Crippen molar-refractivity contribution in [1.82, 2.24) is 9.97 Å². The molecule has 2 heterocycles. The summed E-state index contributed by atoms with van der Waals surface area (Å²) < 4.78 is 0. The Kier molecular flexibility index (Phi) is 2.64. The molecule has 2 rings (SSSR count). The number of pyridine rings is 1. The lowest BCUT2D eigenvalue weighted by molar-refractivity contribution is 1.07. The number of halogens is 1. The van der Waals surface area contributed by atoms with Gasteiger partial charge in [0.05, 0.1) is 0 Å². The van der Waals surface area contributed by atoms with Crippen LogP contribution in [0.4, 0.5) is 5.82 Å². The number of anilines is 1. The molecule has 0 aromatic carbocycles. The minimum absolute atomic E-state index is 0.511. The summed E-state index contributed by atoms with van der Waals surface area (Å²) in [6.07, 6.45) is 3.82. The lowest BCUT2D eigenvalue weighted by Gasteiger charge is -2.12. The van der Waals surface area contributed by atoms with Crippen LogP contribution >= 0.6 is 11.6 Å². The van der Waals surface area contributed by atoms with Gasteiger partial charge in [0.15, 0.2) is 0 Å². The lowest BCUT2D eigenvalue weighted by atomic mass is 10.1. The Balaban J connectivity index is 2.49. The molecule has 0 radical (unpaired) electrons. The molecule has 0 spiro atoms. The quantitative estimate of drug-likeness (QED) is 0.791. The van der Waals surface area contributed by atoms with Crippen LogP contribution in [0.5, 0.6) is 0 Å². The average Bonchev–Trinajstić information content (AvgIpc) is 2.69. The number of hydrogen-bond acceptors (Lipinski definition) is 2. The number of nitrogens with zero attached hydrogens (tertiary/aromatic N) is 2. The summed E-state index contributed by atoms with van der Waals surface area (Å²) in [4.78, 5) is 9.18. The van der Waals surface area contributed by atoms with Gasteiger partial charge < -0.3 is 9.88 Å². The van der Waals surface area contributed by atoms with E-state index in [1.54, 1.807) is 0 Å². The van der Waals surface area contributed by atoms with E-state index in [0.717, 1.165) is 16.9 Å². The molecule has 0 bridgehead atoms. The number of nitrogens with one attached hydrogen (secondary N) is 1. The molecule has 78 valence electrons. The third kappa shape index (κ3) is 2.13. The van der Waals surface area contributed by atoms with E-state index in [9.17, 15) is 0 Å². The second kappa shape index (κ2) is 3.95. The standard InChI is InChI=1S/C11H12ClN3/c1-15(2)11-6-9(5-10(12)14-11)8-3-4-13-7-8/h3-7,13H,1-2H3. The van der Waals surface area contributed by atoms with Gasteiger partial charge in [-0.05, 0) is 29.3 Å². The van der Waals surface area contributed by atoms with Crippen molar-refractivity contribution < 1.29 is 0 Å². The minimum atomic E-state index is 0.511. The molecule has 2 aromatic rings. The molecule has 0 aliphatic heterocycles. The van der Waals surface area contributed by atoms with Crippen molar-refractivity contribution in [1.29, 1.82) is 0 Å². The summed E-state index contributed by atoms with van der Waals surface area (Å²) in [5.74, 6) is 0.860. The zero-order valence-corrected chi connectivity index (χ0v) is 9.42. The summed E-state index contributed by atoms with van der Waals surface area (Å²) in [5.41, 5.74) is 2.18. The molecule has 15 heavy (non-hydrogen) atoms. The Bertz CT molecular complexity index is 449. The van der Waals surface area contributed by atoms with Crippen molar-refractivity contribution in [2.24, 2.45) is 0 Å². The largest absolute Gasteiger partial charge is 0.367 e. The number of hydrogen-bond donors (Lipinski definition) is 1. The van der Waals surface area contributed by atoms with Gasteiger partial charge in [-0.15, -0.1) is 0 Å². The van der Waals surface area contributed by atoms with Crippen molar-refractivity contribution in [3.8, 4) is 11.1 Å². The van der Waals surface area contributed by atoms with Gasteiger partial charge in [-0.3, -0.25) is 0 Å². The second-order valence-corrected chi connectivity index (χ2v) is 3.92. The molecule has 0 amide bonds. The number of rotatable bonds is 2. The van der Waals surface area contributed by atoms with Gasteiger partial charge in [0.25, 0.3) is 0 Å². The van der Waals surface area contributed by atoms with Crippen LogP contribution in [-0.4, -0.2) is 24.1 Å². The van der Waals surface area contributed by atoms with Gasteiger partial charge in [0, 0.05) is 26.5 Å². The van der Waals surface area contributed by atoms with Crippen LogP contribution in [0.3, 0.4) is 0 Å². The lowest BCUT2D eigenvalue weighted by Crippen LogP contribution is -2.10. The second-order valence-electron chi connectivity index (χ2n) is 3.53. The van der Waals surface area contributed by atoms with Gasteiger partial charge in [0.1, 0.15) is 11.0 Å². The van der Waals surface area contributed by atoms with Crippen LogP contribution < -0.4 is 4.90 Å². The summed E-state index contributed by atoms with van der Waals surface area (Å²) in [6.45, 7) is 0. The molecule has 0 fully saturated rings. The Labute approximate surface area is 93.7 Å². The van der Waals surface area contributed by atoms with Gasteiger partial charge in [-0.25, -0.2) is 4.98 Å². The van der Waals surface area contributed by atoms with Crippen LogP contribution in [0, 0.1) is 0 Å². The van der Waals surface area contributed by atoms with Gasteiger partial charge >= 0.3 is 0 Å². The third-order valence-electron chi connectivity index (χ3n) is 2.17. The normalized spacial score (nSPS) is 10.3. The van der Waals surface area contributed by atoms with Crippen molar-refractivity contribution in [2.75, 3.05) is 19.0 Å². The fourth-order valence-electron chi connectivity index (χ4n) is 1.38. The fraction of sp³-hybridized carbons (Fsp3) is 0.182. The maximum Gasteiger partial charge on any atom is 0.132 e. The zero-order valence-electron chi connectivity index (χ0n) is 8.66. The van der Waals surface area contributed by atoms with Crippen molar-refractivity contribution in [3.63, 3.8) is 0 Å². The zero-order chi connectivity index (χ0) is 10.8. The Hall–Kier alpha value is -1.48. The first kappa shape index (κ1) is 10.1. The van der Waals surface area contributed by atoms with Crippen LogP contribution in [-0.2, 0) is 0 Å². The minimum Gasteiger partial charge on any atom is -0.367 e. The van der Waals surface area contributed by atoms with E-state index >= 15 is 0 Å². The van der Waals surface area contributed by atoms with Crippen LogP contribution in [0.1, 0.15) is 0 Å². The van der Waals surface area contributed by atoms with Crippen LogP contribution in [0.25, 0.3) is 11.1 Å². The Morgan fingerprint density at radius 1 is 1.27 bits per heavy atom. The highest BCUT2D eigenvalue weighted by Gasteiger charge is 2.05. The van der Waals surface area contributed by atoms with Crippen molar-refractivity contribution in [3.05, 3.63) is 35.7 Å². The monoisotopic (exact) mass is 221 g/mol. The maximum atomic E-state index is 5.96. The molecular weight excluding hydrogens is 210 g/mol. The van der Waals surface area contributed by atoms with E-state index in [0.29, 0.717) is 5.15 Å². The van der Waals surface area contributed by atoms with Crippen LogP contribution in [0.15, 0.2) is 30.6 Å². The fourth-order valence-corrected chi connectivity index (χ4v) is 1.59. The van der Waals surface area contributed by atoms with Crippen molar-refractivity contribution >= 4 is 17.4 Å². The van der Waals surface area contributed by atoms with Gasteiger partial charge in [-0.2, -0.15) is 0 Å². The highest BCUT2D eigenvalue weighted by molar-refractivity contribution is 6.29. The molecule has 2 aromatic heterocycles. The van der Waals surface area contributed by atoms with Gasteiger partial charge in [0.2, 0.25) is 0 Å². The Morgan fingerprint density at radius 3 is 2.67 bits per heavy atom. The van der Waals surface area contributed by atoms with E-state index in [1.165, 1.54) is 0 Å². The molecule has 0 saturated heterocycles. The Morgan fingerprint density at radius 2 is 2.07 bits per heavy atom. The molecule has 3 nitrogen and oxygen atoms in total. The van der Waals surface area contributed by atoms with E-state index in [4.69, 9.17) is 11.6 Å². The van der Waals surface area contributed by atoms with E-state index in [2.05, 4.69) is 9.97 Å². The summed E-state index contributed by atoms with van der Waals surface area (Å²) in [5, 5.41) is 0.511. The molecular formula is C11H12ClN3. The molecule has 0 atom stereocenters. The molecule has 0 aliphatic rings. The number of aromatic nitrogens is 2. The molecule has 1 N–H and O–H groups in total. The first-order chi connectivity index (χ1) is 7.16. The van der Waals surface area contributed by atoms with E-state index in [-0.39, 0.29) is 0 Å². The number of H-pyrrole nitrogens is 1. The molecule has 0 unspecified atom stereocenters. The van der Waals surface area contributed by atoms with E-state index < -0.39 is 0 Å². The first-order valence-corrected chi connectivity index (χ1v) is 5.02. The van der Waals surface area contributed by atoms with E-state index in [1.807, 2.05) is 49.6 Å². The first-order valence-electron chi connectivity index (χ1n) is 4.65. The van der Waals surface area contributed by atoms with Gasteiger partial charge in [-0.1, -0.05) is 11.6 Å². The summed E-state index contributed by atoms with van der Waals surface area (Å²) in [6, 6.07) is 5.87. The third-order valence-corrected chi connectivity index (χ3v) is 2.36. The summed E-state index contributed by atoms with van der Waals surface area (Å²) in [7, 11) is 3.89. The average molecular weight is 222 g/mol. The highest BCUT2D eigenvalue weighted by Crippen LogP contribution is 2.25. The maximum absolute atomic E-state index is 5.96. The molecule has 0 saturated carbocycles. The molecule has 0 aliphatic carbocycles. The predicted molar refractivity (Wildman–Crippen MR) is 63.4 cm³/mol. The van der Waals surface area contributed by atoms with Crippen LogP contribution in [0.2, 0.25) is 5.15 Å². The predicted octanol–water partition coefficient (Wildman–Crippen LogP) is 2.80. The SMILES string of the molecule is CN(C)c1cc(-c2cc[nH]c2)cc(Cl)n1.